The molecule has 78 valence electrons. The Morgan fingerprint density at radius 1 is 1.43 bits per heavy atom. The summed E-state index contributed by atoms with van der Waals surface area (Å²) in [4.78, 5) is 1.79. The summed E-state index contributed by atoms with van der Waals surface area (Å²) in [5.41, 5.74) is 1.16. The molecule has 14 heavy (non-hydrogen) atoms. The number of benzene rings is 1. The fourth-order valence-corrected chi connectivity index (χ4v) is 1.66. The molecule has 1 N–H and O–H groups in total. The van der Waals surface area contributed by atoms with Crippen molar-refractivity contribution in [3.05, 3.63) is 28.5 Å². The number of aliphatic hydroxyl groups is 1. The van der Waals surface area contributed by atoms with Crippen LogP contribution in [0.3, 0.4) is 0 Å². The Bertz CT molecular complexity index is 339. The van der Waals surface area contributed by atoms with Gasteiger partial charge in [0.2, 0.25) is 0 Å². The average molecular weight is 218 g/mol. The Balaban J connectivity index is 3.38. The normalized spacial score (nSPS) is 12.7. The van der Waals surface area contributed by atoms with Gasteiger partial charge in [0.1, 0.15) is 5.82 Å². The van der Waals surface area contributed by atoms with E-state index in [-0.39, 0.29) is 5.02 Å². The third-order valence-electron chi connectivity index (χ3n) is 2.01. The maximum absolute atomic E-state index is 13.1. The molecule has 0 aliphatic rings. The first-order valence-electron chi connectivity index (χ1n) is 4.28. The van der Waals surface area contributed by atoms with Gasteiger partial charge in [0.05, 0.1) is 11.1 Å². The van der Waals surface area contributed by atoms with E-state index in [1.807, 2.05) is 14.1 Å². The number of halogens is 2. The molecule has 0 amide bonds. The second kappa shape index (κ2) is 4.15. The van der Waals surface area contributed by atoms with Gasteiger partial charge in [0.25, 0.3) is 0 Å². The Morgan fingerprint density at radius 2 is 2.00 bits per heavy atom. The molecule has 1 aromatic rings. The smallest absolute Gasteiger partial charge is 0.142 e. The Morgan fingerprint density at radius 3 is 2.43 bits per heavy atom. The van der Waals surface area contributed by atoms with Gasteiger partial charge in [-0.15, -0.1) is 0 Å². The highest BCUT2D eigenvalue weighted by molar-refractivity contribution is 6.32. The van der Waals surface area contributed by atoms with Crippen molar-refractivity contribution in [2.45, 2.75) is 13.0 Å². The van der Waals surface area contributed by atoms with Crippen molar-refractivity contribution < 1.29 is 9.50 Å². The van der Waals surface area contributed by atoms with Crippen LogP contribution in [0.2, 0.25) is 5.02 Å². The van der Waals surface area contributed by atoms with Crippen LogP contribution in [0.25, 0.3) is 0 Å². The average Bonchev–Trinajstić information content (AvgIpc) is 2.08. The Kier molecular flexibility index (Phi) is 3.34. The molecule has 0 fully saturated rings. The summed E-state index contributed by atoms with van der Waals surface area (Å²) < 4.78 is 13.1. The van der Waals surface area contributed by atoms with E-state index in [9.17, 15) is 9.50 Å². The maximum Gasteiger partial charge on any atom is 0.142 e. The number of nitrogens with zero attached hydrogens (tertiary/aromatic N) is 1. The highest BCUT2D eigenvalue weighted by atomic mass is 35.5. The maximum atomic E-state index is 13.1. The summed E-state index contributed by atoms with van der Waals surface area (Å²) in [6.45, 7) is 1.56. The van der Waals surface area contributed by atoms with Crippen molar-refractivity contribution in [2.24, 2.45) is 0 Å². The zero-order valence-electron chi connectivity index (χ0n) is 8.38. The first-order chi connectivity index (χ1) is 6.45. The monoisotopic (exact) mass is 217 g/mol. The number of aliphatic hydroxyl groups excluding tert-OH is 1. The first-order valence-corrected chi connectivity index (χ1v) is 4.66. The van der Waals surface area contributed by atoms with Crippen LogP contribution in [0, 0.1) is 5.82 Å². The molecule has 0 radical (unpaired) electrons. The van der Waals surface area contributed by atoms with Crippen molar-refractivity contribution in [1.82, 2.24) is 0 Å². The highest BCUT2D eigenvalue weighted by Gasteiger charge is 2.16. The van der Waals surface area contributed by atoms with Crippen LogP contribution in [0.5, 0.6) is 0 Å². The van der Waals surface area contributed by atoms with Gasteiger partial charge >= 0.3 is 0 Å². The quantitative estimate of drug-likeness (QED) is 0.823. The molecule has 0 aliphatic heterocycles. The largest absolute Gasteiger partial charge is 0.389 e. The minimum absolute atomic E-state index is 0.00815. The summed E-state index contributed by atoms with van der Waals surface area (Å²) in [7, 11) is 3.63. The second-order valence-electron chi connectivity index (χ2n) is 3.36. The Labute approximate surface area is 87.9 Å². The lowest BCUT2D eigenvalue weighted by atomic mass is 10.1. The zero-order chi connectivity index (χ0) is 10.9. The molecule has 2 nitrogen and oxygen atoms in total. The second-order valence-corrected chi connectivity index (χ2v) is 3.74. The zero-order valence-corrected chi connectivity index (χ0v) is 9.14. The van der Waals surface area contributed by atoms with Crippen LogP contribution in [-0.4, -0.2) is 19.2 Å². The van der Waals surface area contributed by atoms with Crippen molar-refractivity contribution in [2.75, 3.05) is 19.0 Å². The molecule has 0 saturated heterocycles. The van der Waals surface area contributed by atoms with Gasteiger partial charge in [-0.05, 0) is 19.1 Å². The molecular weight excluding hydrogens is 205 g/mol. The summed E-state index contributed by atoms with van der Waals surface area (Å²) >= 11 is 5.78. The van der Waals surface area contributed by atoms with E-state index >= 15 is 0 Å². The molecule has 1 aromatic carbocycles. The SMILES string of the molecule is CC(O)c1c(N(C)C)ccc(F)c1Cl. The lowest BCUT2D eigenvalue weighted by molar-refractivity contribution is 0.199. The van der Waals surface area contributed by atoms with Crippen LogP contribution in [0.4, 0.5) is 10.1 Å². The molecule has 0 heterocycles. The van der Waals surface area contributed by atoms with Gasteiger partial charge in [-0.2, -0.15) is 0 Å². The lowest BCUT2D eigenvalue weighted by Gasteiger charge is -2.20. The van der Waals surface area contributed by atoms with Gasteiger partial charge in [0, 0.05) is 25.3 Å². The lowest BCUT2D eigenvalue weighted by Crippen LogP contribution is -2.13. The molecule has 0 aromatic heterocycles. The molecule has 1 rings (SSSR count). The number of rotatable bonds is 2. The molecular formula is C10H13ClFNO. The minimum atomic E-state index is -0.782. The van der Waals surface area contributed by atoms with Crippen LogP contribution >= 0.6 is 11.6 Å². The van der Waals surface area contributed by atoms with Crippen molar-refractivity contribution in [3.63, 3.8) is 0 Å². The minimum Gasteiger partial charge on any atom is -0.389 e. The van der Waals surface area contributed by atoms with Gasteiger partial charge in [0.15, 0.2) is 0 Å². The van der Waals surface area contributed by atoms with Crippen molar-refractivity contribution in [3.8, 4) is 0 Å². The van der Waals surface area contributed by atoms with E-state index < -0.39 is 11.9 Å². The molecule has 0 spiro atoms. The number of hydrogen-bond acceptors (Lipinski definition) is 2. The Hall–Kier alpha value is -0.800. The van der Waals surface area contributed by atoms with Crippen LogP contribution in [-0.2, 0) is 0 Å². The van der Waals surface area contributed by atoms with Crippen LogP contribution in [0.15, 0.2) is 12.1 Å². The van der Waals surface area contributed by atoms with Crippen molar-refractivity contribution >= 4 is 17.3 Å². The van der Waals surface area contributed by atoms with Crippen molar-refractivity contribution in [1.29, 1.82) is 0 Å². The fourth-order valence-electron chi connectivity index (χ4n) is 1.34. The predicted octanol–water partition coefficient (Wildman–Crippen LogP) is 2.60. The van der Waals surface area contributed by atoms with Gasteiger partial charge in [-0.3, -0.25) is 0 Å². The summed E-state index contributed by atoms with van der Waals surface area (Å²) in [6, 6.07) is 2.90. The van der Waals surface area contributed by atoms with E-state index in [0.717, 1.165) is 5.69 Å². The standard InChI is InChI=1S/C10H13ClFNO/c1-6(14)9-8(13(2)3)5-4-7(12)10(9)11/h4-6,14H,1-3H3. The van der Waals surface area contributed by atoms with Gasteiger partial charge in [-0.1, -0.05) is 11.6 Å². The molecule has 4 heteroatoms. The molecule has 1 atom stereocenters. The van der Waals surface area contributed by atoms with Gasteiger partial charge in [-0.25, -0.2) is 4.39 Å². The highest BCUT2D eigenvalue weighted by Crippen LogP contribution is 2.33. The van der Waals surface area contributed by atoms with E-state index in [4.69, 9.17) is 11.6 Å². The van der Waals surface area contributed by atoms with Crippen LogP contribution in [0.1, 0.15) is 18.6 Å². The van der Waals surface area contributed by atoms with E-state index in [0.29, 0.717) is 5.56 Å². The summed E-state index contributed by atoms with van der Waals surface area (Å²) in [5, 5.41) is 9.47. The first kappa shape index (κ1) is 11.3. The molecule has 0 saturated carbocycles. The van der Waals surface area contributed by atoms with E-state index in [1.54, 1.807) is 17.9 Å². The van der Waals surface area contributed by atoms with E-state index in [1.165, 1.54) is 6.07 Å². The van der Waals surface area contributed by atoms with Crippen LogP contribution < -0.4 is 4.90 Å². The van der Waals surface area contributed by atoms with Gasteiger partial charge < -0.3 is 10.0 Å². The predicted molar refractivity (Wildman–Crippen MR) is 56.4 cm³/mol. The third kappa shape index (κ3) is 1.99. The molecule has 0 aliphatic carbocycles. The summed E-state index contributed by atoms with van der Waals surface area (Å²) in [6.07, 6.45) is -0.782. The fraction of sp³-hybridized carbons (Fsp3) is 0.400. The topological polar surface area (TPSA) is 23.5 Å². The molecule has 0 bridgehead atoms. The third-order valence-corrected chi connectivity index (χ3v) is 2.39. The number of anilines is 1. The summed E-state index contributed by atoms with van der Waals surface area (Å²) in [5.74, 6) is -0.506. The molecule has 1 unspecified atom stereocenters. The number of hydrogen-bond donors (Lipinski definition) is 1. The van der Waals surface area contributed by atoms with E-state index in [2.05, 4.69) is 0 Å².